The first-order valence-electron chi connectivity index (χ1n) is 11.2. The summed E-state index contributed by atoms with van der Waals surface area (Å²) < 4.78 is 24.6. The quantitative estimate of drug-likeness (QED) is 0.446. The maximum Gasteiger partial charge on any atom is 0.260 e. The van der Waals surface area contributed by atoms with E-state index in [0.29, 0.717) is 11.5 Å². The fourth-order valence-electron chi connectivity index (χ4n) is 3.79. The van der Waals surface area contributed by atoms with Gasteiger partial charge < -0.3 is 20.5 Å². The van der Waals surface area contributed by atoms with Gasteiger partial charge in [-0.25, -0.2) is 18.7 Å². The van der Waals surface area contributed by atoms with Crippen LogP contribution < -0.4 is 15.4 Å². The third-order valence-corrected chi connectivity index (χ3v) is 7.43. The Hall–Kier alpha value is -3.11. The summed E-state index contributed by atoms with van der Waals surface area (Å²) >= 11 is 0. The smallest absolute Gasteiger partial charge is 0.260 e. The average Bonchev–Trinajstić information content (AvgIpc) is 3.32. The maximum absolute atomic E-state index is 14.0. The standard InChI is InChI=1S/C24H28FN5O3S/c1-15-11-18(30-34-9-3-4-10-34)13-20-22(15)23(28-14-27-20)29-19-6-5-17(25)12-21(19)33-16(2)24(32)26-7-8-31/h5-6,11-14,16,31H,3-4,7-10H2,1-2H3,(H,26,32)(H,27,28,29)/t16-/m1/s1. The highest BCUT2D eigenvalue weighted by atomic mass is 32.2. The number of aryl methyl sites for hydroxylation is 1. The Bertz CT molecular complexity index is 1230. The molecule has 1 aliphatic heterocycles. The van der Waals surface area contributed by atoms with Gasteiger partial charge in [0.25, 0.3) is 5.91 Å². The molecule has 2 heterocycles. The lowest BCUT2D eigenvalue weighted by Crippen LogP contribution is -2.37. The second-order valence-electron chi connectivity index (χ2n) is 8.09. The van der Waals surface area contributed by atoms with Crippen molar-refractivity contribution in [3.63, 3.8) is 0 Å². The van der Waals surface area contributed by atoms with E-state index in [0.717, 1.165) is 33.7 Å². The van der Waals surface area contributed by atoms with Gasteiger partial charge in [-0.1, -0.05) is 10.7 Å². The van der Waals surface area contributed by atoms with Gasteiger partial charge in [-0.15, -0.1) is 0 Å². The SMILES string of the molecule is Cc1cc(N=S2CCCC2)cc2ncnc(Nc3ccc(F)cc3O[C@H](C)C(=O)NCCO)c12. The van der Waals surface area contributed by atoms with E-state index in [1.807, 2.05) is 19.1 Å². The number of nitrogens with zero attached hydrogens (tertiary/aromatic N) is 3. The number of aliphatic hydroxyl groups excluding tert-OH is 1. The second-order valence-corrected chi connectivity index (χ2v) is 10.0. The minimum Gasteiger partial charge on any atom is -0.479 e. The number of aliphatic hydroxyl groups is 1. The molecule has 0 aliphatic carbocycles. The molecule has 10 heteroatoms. The van der Waals surface area contributed by atoms with Crippen LogP contribution in [0.15, 0.2) is 41.0 Å². The maximum atomic E-state index is 14.0. The third kappa shape index (κ3) is 5.68. The fraction of sp³-hybridized carbons (Fsp3) is 0.375. The van der Waals surface area contributed by atoms with Gasteiger partial charge in [0.15, 0.2) is 6.10 Å². The molecule has 0 bridgehead atoms. The molecule has 1 aromatic heterocycles. The topological polar surface area (TPSA) is 109 Å². The van der Waals surface area contributed by atoms with Crippen LogP contribution in [0, 0.1) is 12.7 Å². The van der Waals surface area contributed by atoms with Crippen molar-refractivity contribution in [1.82, 2.24) is 15.3 Å². The lowest BCUT2D eigenvalue weighted by atomic mass is 10.1. The Balaban J connectivity index is 1.63. The Morgan fingerprint density at radius 2 is 2.06 bits per heavy atom. The monoisotopic (exact) mass is 485 g/mol. The number of benzene rings is 2. The zero-order valence-electron chi connectivity index (χ0n) is 19.2. The Morgan fingerprint density at radius 3 is 2.82 bits per heavy atom. The molecule has 8 nitrogen and oxygen atoms in total. The number of carbonyl (C=O) groups is 1. The van der Waals surface area contributed by atoms with Crippen molar-refractivity contribution in [1.29, 1.82) is 0 Å². The zero-order valence-corrected chi connectivity index (χ0v) is 20.0. The summed E-state index contributed by atoms with van der Waals surface area (Å²) in [4.78, 5) is 21.0. The predicted molar refractivity (Wildman–Crippen MR) is 133 cm³/mol. The van der Waals surface area contributed by atoms with Crippen LogP contribution in [-0.2, 0) is 15.5 Å². The van der Waals surface area contributed by atoms with E-state index in [-0.39, 0.29) is 29.6 Å². The number of amides is 1. The van der Waals surface area contributed by atoms with E-state index in [2.05, 4.69) is 20.6 Å². The highest BCUT2D eigenvalue weighted by Crippen LogP contribution is 2.34. The van der Waals surface area contributed by atoms with E-state index in [1.165, 1.54) is 37.4 Å². The summed E-state index contributed by atoms with van der Waals surface area (Å²) in [5.74, 6) is 2.11. The van der Waals surface area contributed by atoms with Crippen molar-refractivity contribution in [3.8, 4) is 5.75 Å². The summed E-state index contributed by atoms with van der Waals surface area (Å²) in [5, 5.41) is 15.5. The van der Waals surface area contributed by atoms with E-state index in [1.54, 1.807) is 6.92 Å². The summed E-state index contributed by atoms with van der Waals surface area (Å²) in [6.45, 7) is 3.48. The van der Waals surface area contributed by atoms with E-state index in [4.69, 9.17) is 14.2 Å². The van der Waals surface area contributed by atoms with Gasteiger partial charge in [0, 0.05) is 29.5 Å². The average molecular weight is 486 g/mol. The molecule has 0 saturated carbocycles. The Kier molecular flexibility index (Phi) is 7.69. The summed E-state index contributed by atoms with van der Waals surface area (Å²) in [6.07, 6.45) is 3.05. The Labute approximate surface area is 200 Å². The molecule has 3 aromatic rings. The van der Waals surface area contributed by atoms with Crippen LogP contribution in [0.4, 0.5) is 21.6 Å². The van der Waals surface area contributed by atoms with Gasteiger partial charge in [-0.05, 0) is 56.5 Å². The molecule has 0 spiro atoms. The van der Waals surface area contributed by atoms with Crippen LogP contribution in [-0.4, -0.2) is 51.7 Å². The minimum atomic E-state index is -0.890. The summed E-state index contributed by atoms with van der Waals surface area (Å²) in [6, 6.07) is 8.07. The molecule has 4 rings (SSSR count). The molecule has 180 valence electrons. The minimum absolute atomic E-state index is 0.0835. The first kappa shape index (κ1) is 24.0. The lowest BCUT2D eigenvalue weighted by molar-refractivity contribution is -0.127. The molecule has 2 aromatic carbocycles. The number of rotatable bonds is 8. The van der Waals surface area contributed by atoms with Crippen LogP contribution >= 0.6 is 0 Å². The van der Waals surface area contributed by atoms with Crippen molar-refractivity contribution in [2.45, 2.75) is 32.8 Å². The fourth-order valence-corrected chi connectivity index (χ4v) is 5.66. The number of nitrogens with one attached hydrogen (secondary N) is 2. The van der Waals surface area contributed by atoms with Crippen molar-refractivity contribution >= 4 is 44.7 Å². The zero-order chi connectivity index (χ0) is 24.1. The van der Waals surface area contributed by atoms with Gasteiger partial charge in [0.1, 0.15) is 23.7 Å². The molecule has 0 unspecified atom stereocenters. The van der Waals surface area contributed by atoms with E-state index in [9.17, 15) is 9.18 Å². The molecule has 0 radical (unpaired) electrons. The van der Waals surface area contributed by atoms with Crippen molar-refractivity contribution in [3.05, 3.63) is 48.0 Å². The first-order valence-corrected chi connectivity index (χ1v) is 12.7. The third-order valence-electron chi connectivity index (χ3n) is 5.45. The summed E-state index contributed by atoms with van der Waals surface area (Å²) in [7, 11) is 0.0835. The predicted octanol–water partition coefficient (Wildman–Crippen LogP) is 3.92. The summed E-state index contributed by atoms with van der Waals surface area (Å²) in [5.41, 5.74) is 3.13. The van der Waals surface area contributed by atoms with Crippen molar-refractivity contribution in [2.75, 3.05) is 30.0 Å². The number of halogens is 1. The van der Waals surface area contributed by atoms with Gasteiger partial charge in [0.05, 0.1) is 23.5 Å². The number of hydrogen-bond acceptors (Lipinski definition) is 7. The number of ether oxygens (including phenoxy) is 1. The van der Waals surface area contributed by atoms with Crippen LogP contribution in [0.25, 0.3) is 10.9 Å². The molecule has 1 saturated heterocycles. The molecule has 1 amide bonds. The van der Waals surface area contributed by atoms with Gasteiger partial charge in [-0.3, -0.25) is 4.79 Å². The number of aromatic nitrogens is 2. The molecule has 3 N–H and O–H groups in total. The largest absolute Gasteiger partial charge is 0.479 e. The Morgan fingerprint density at radius 1 is 1.26 bits per heavy atom. The van der Waals surface area contributed by atoms with Crippen LogP contribution in [0.1, 0.15) is 25.3 Å². The lowest BCUT2D eigenvalue weighted by Gasteiger charge is -2.18. The van der Waals surface area contributed by atoms with Gasteiger partial charge >= 0.3 is 0 Å². The number of anilines is 2. The molecule has 1 fully saturated rings. The van der Waals surface area contributed by atoms with Crippen LogP contribution in [0.5, 0.6) is 5.75 Å². The van der Waals surface area contributed by atoms with E-state index >= 15 is 0 Å². The van der Waals surface area contributed by atoms with Crippen LogP contribution in [0.2, 0.25) is 0 Å². The molecule has 34 heavy (non-hydrogen) atoms. The first-order chi connectivity index (χ1) is 16.4. The highest BCUT2D eigenvalue weighted by Gasteiger charge is 2.18. The molecule has 1 aliphatic rings. The number of fused-ring (bicyclic) bond motifs is 1. The molecular weight excluding hydrogens is 457 g/mol. The van der Waals surface area contributed by atoms with Gasteiger partial charge in [0.2, 0.25) is 0 Å². The van der Waals surface area contributed by atoms with Crippen molar-refractivity contribution in [2.24, 2.45) is 4.36 Å². The normalized spacial score (nSPS) is 14.7. The van der Waals surface area contributed by atoms with Crippen LogP contribution in [0.3, 0.4) is 0 Å². The molecular formula is C24H28FN5O3S. The number of carbonyl (C=O) groups excluding carboxylic acids is 1. The van der Waals surface area contributed by atoms with E-state index < -0.39 is 17.8 Å². The highest BCUT2D eigenvalue weighted by molar-refractivity contribution is 7.87. The number of hydrogen-bond donors (Lipinski definition) is 3. The van der Waals surface area contributed by atoms with Crippen molar-refractivity contribution < 1.29 is 19.0 Å². The molecule has 1 atom stereocenters. The van der Waals surface area contributed by atoms with Gasteiger partial charge in [-0.2, -0.15) is 0 Å². The second kappa shape index (κ2) is 10.9.